The summed E-state index contributed by atoms with van der Waals surface area (Å²) in [6.45, 7) is 19.1. The van der Waals surface area contributed by atoms with E-state index in [9.17, 15) is 14.4 Å². The number of carbonyl (C=O) groups excluding carboxylic acids is 3. The quantitative estimate of drug-likeness (QED) is 0.410. The summed E-state index contributed by atoms with van der Waals surface area (Å²) in [7, 11) is 0. The monoisotopic (exact) mass is 535 g/mol. The number of hydrogen-bond acceptors (Lipinski definition) is 4. The topological polar surface area (TPSA) is 87.7 Å². The summed E-state index contributed by atoms with van der Waals surface area (Å²) in [5.74, 6) is -0.531. The van der Waals surface area contributed by atoms with Crippen molar-refractivity contribution in [1.29, 1.82) is 0 Å². The van der Waals surface area contributed by atoms with Crippen LogP contribution in [0.1, 0.15) is 81.8 Å². The fraction of sp³-hybridized carbons (Fsp3) is 0.531. The number of alkyl carbamates (subject to hydrolysis) is 1. The minimum absolute atomic E-state index is 0.119. The Morgan fingerprint density at radius 2 is 1.41 bits per heavy atom. The van der Waals surface area contributed by atoms with Crippen molar-refractivity contribution in [1.82, 2.24) is 10.2 Å². The van der Waals surface area contributed by atoms with Gasteiger partial charge in [-0.15, -0.1) is 0 Å². The molecule has 1 fully saturated rings. The Kier molecular flexibility index (Phi) is 9.14. The average molecular weight is 536 g/mol. The molecule has 2 aromatic rings. The number of aryl methyl sites for hydroxylation is 4. The second kappa shape index (κ2) is 11.8. The van der Waals surface area contributed by atoms with Gasteiger partial charge in [0.1, 0.15) is 17.7 Å². The summed E-state index contributed by atoms with van der Waals surface area (Å²) in [5, 5.41) is 5.97. The van der Waals surface area contributed by atoms with Crippen molar-refractivity contribution in [2.75, 3.05) is 5.32 Å². The predicted octanol–water partition coefficient (Wildman–Crippen LogP) is 6.39. The highest BCUT2D eigenvalue weighted by molar-refractivity contribution is 6.00. The number of anilines is 1. The van der Waals surface area contributed by atoms with Gasteiger partial charge in [-0.25, -0.2) is 4.79 Å². The van der Waals surface area contributed by atoms with Crippen LogP contribution in [-0.2, 0) is 14.3 Å². The van der Waals surface area contributed by atoms with E-state index in [-0.39, 0.29) is 29.7 Å². The van der Waals surface area contributed by atoms with Gasteiger partial charge in [0.25, 0.3) is 5.91 Å². The number of hydrogen-bond donors (Lipinski definition) is 2. The summed E-state index contributed by atoms with van der Waals surface area (Å²) in [6.07, 6.45) is 0.142. The van der Waals surface area contributed by atoms with Crippen LogP contribution in [0.2, 0.25) is 0 Å². The number of carbonyl (C=O) groups is 3. The molecular weight excluding hydrogens is 490 g/mol. The second-order valence-corrected chi connectivity index (χ2v) is 12.4. The van der Waals surface area contributed by atoms with Gasteiger partial charge in [0.15, 0.2) is 0 Å². The molecule has 1 aliphatic carbocycles. The van der Waals surface area contributed by atoms with Crippen LogP contribution >= 0.6 is 0 Å². The normalized spacial score (nSPS) is 18.2. The standard InChI is InChI=1S/C32H45N3O4/c1-18(2)26(34-31(38)39-32(8,9)10)30(37)35(24-17-23(24)7)28(25-19(3)13-11-14-20(25)4)29(36)33-27-21(5)15-12-16-22(27)6/h11-16,18,23-24,26,28H,17H2,1-10H3,(H,33,36)(H,34,38). The van der Waals surface area contributed by atoms with E-state index in [1.165, 1.54) is 0 Å². The highest BCUT2D eigenvalue weighted by atomic mass is 16.6. The van der Waals surface area contributed by atoms with E-state index in [1.807, 2.05) is 77.9 Å². The first-order chi connectivity index (χ1) is 18.1. The molecule has 1 saturated carbocycles. The van der Waals surface area contributed by atoms with Gasteiger partial charge in [-0.1, -0.05) is 57.2 Å². The van der Waals surface area contributed by atoms with E-state index in [1.54, 1.807) is 25.7 Å². The minimum Gasteiger partial charge on any atom is -0.444 e. The Bertz CT molecular complexity index is 1190. The third-order valence-corrected chi connectivity index (χ3v) is 7.36. The van der Waals surface area contributed by atoms with Gasteiger partial charge in [-0.3, -0.25) is 9.59 Å². The van der Waals surface area contributed by atoms with Crippen molar-refractivity contribution < 1.29 is 19.1 Å². The lowest BCUT2D eigenvalue weighted by atomic mass is 9.92. The number of nitrogens with one attached hydrogen (secondary N) is 2. The summed E-state index contributed by atoms with van der Waals surface area (Å²) in [6, 6.07) is 9.94. The molecule has 39 heavy (non-hydrogen) atoms. The van der Waals surface area contributed by atoms with Crippen LogP contribution in [0.4, 0.5) is 10.5 Å². The molecule has 0 spiro atoms. The molecule has 3 rings (SSSR count). The molecule has 0 radical (unpaired) electrons. The number of benzene rings is 2. The molecule has 0 heterocycles. The SMILES string of the molecule is Cc1cccc(C)c1NC(=O)C(c1c(C)cccc1C)N(C(=O)C(NC(=O)OC(C)(C)C)C(C)C)C1CC1C. The third kappa shape index (κ3) is 7.20. The highest BCUT2D eigenvalue weighted by Crippen LogP contribution is 2.42. The summed E-state index contributed by atoms with van der Waals surface area (Å²) < 4.78 is 5.48. The van der Waals surface area contributed by atoms with Crippen molar-refractivity contribution in [3.05, 3.63) is 64.2 Å². The maximum atomic E-state index is 14.4. The molecule has 7 nitrogen and oxygen atoms in total. The molecule has 2 N–H and O–H groups in total. The van der Waals surface area contributed by atoms with Gasteiger partial charge in [0.05, 0.1) is 0 Å². The summed E-state index contributed by atoms with van der Waals surface area (Å²) in [4.78, 5) is 43.2. The number of amides is 3. The Morgan fingerprint density at radius 1 is 0.923 bits per heavy atom. The van der Waals surface area contributed by atoms with E-state index in [0.29, 0.717) is 0 Å². The zero-order valence-corrected chi connectivity index (χ0v) is 25.1. The fourth-order valence-electron chi connectivity index (χ4n) is 5.14. The molecule has 4 atom stereocenters. The molecule has 0 aromatic heterocycles. The molecule has 212 valence electrons. The Labute approximate surface area is 233 Å². The number of ether oxygens (including phenoxy) is 1. The fourth-order valence-corrected chi connectivity index (χ4v) is 5.14. The Morgan fingerprint density at radius 3 is 1.85 bits per heavy atom. The molecule has 1 aliphatic rings. The zero-order valence-electron chi connectivity index (χ0n) is 25.1. The highest BCUT2D eigenvalue weighted by Gasteiger charge is 2.49. The molecule has 7 heteroatoms. The van der Waals surface area contributed by atoms with Crippen LogP contribution in [0, 0.1) is 39.5 Å². The van der Waals surface area contributed by atoms with Gasteiger partial charge in [-0.05, 0) is 94.5 Å². The van der Waals surface area contributed by atoms with E-state index in [0.717, 1.165) is 39.9 Å². The summed E-state index contributed by atoms with van der Waals surface area (Å²) >= 11 is 0. The lowest BCUT2D eigenvalue weighted by molar-refractivity contribution is -0.142. The van der Waals surface area contributed by atoms with Gasteiger partial charge >= 0.3 is 6.09 Å². The van der Waals surface area contributed by atoms with Crippen molar-refractivity contribution in [3.63, 3.8) is 0 Å². The van der Waals surface area contributed by atoms with Gasteiger partial charge in [-0.2, -0.15) is 0 Å². The van der Waals surface area contributed by atoms with Gasteiger partial charge < -0.3 is 20.3 Å². The number of para-hydroxylation sites is 1. The zero-order chi connectivity index (χ0) is 29.2. The predicted molar refractivity (Wildman–Crippen MR) is 156 cm³/mol. The van der Waals surface area contributed by atoms with E-state index >= 15 is 0 Å². The molecule has 2 aromatic carbocycles. The lowest BCUT2D eigenvalue weighted by Crippen LogP contribution is -2.55. The average Bonchev–Trinajstić information content (AvgIpc) is 3.53. The van der Waals surface area contributed by atoms with Crippen molar-refractivity contribution in [2.24, 2.45) is 11.8 Å². The molecular formula is C32H45N3O4. The Hall–Kier alpha value is -3.35. The number of rotatable bonds is 8. The smallest absolute Gasteiger partial charge is 0.408 e. The largest absolute Gasteiger partial charge is 0.444 e. The maximum Gasteiger partial charge on any atom is 0.408 e. The van der Waals surface area contributed by atoms with Gasteiger partial charge in [0, 0.05) is 11.7 Å². The first kappa shape index (κ1) is 30.2. The maximum absolute atomic E-state index is 14.4. The third-order valence-electron chi connectivity index (χ3n) is 7.36. The van der Waals surface area contributed by atoms with Crippen molar-refractivity contribution >= 4 is 23.6 Å². The second-order valence-electron chi connectivity index (χ2n) is 12.4. The first-order valence-corrected chi connectivity index (χ1v) is 13.9. The molecule has 0 saturated heterocycles. The van der Waals surface area contributed by atoms with Crippen LogP contribution in [0.3, 0.4) is 0 Å². The van der Waals surface area contributed by atoms with Crippen molar-refractivity contribution in [2.45, 2.75) is 99.4 Å². The van der Waals surface area contributed by atoms with Gasteiger partial charge in [0.2, 0.25) is 5.91 Å². The van der Waals surface area contributed by atoms with E-state index in [2.05, 4.69) is 17.6 Å². The minimum atomic E-state index is -0.866. The van der Waals surface area contributed by atoms with Crippen LogP contribution in [0.5, 0.6) is 0 Å². The van der Waals surface area contributed by atoms with Crippen LogP contribution < -0.4 is 10.6 Å². The number of nitrogens with zero attached hydrogens (tertiary/aromatic N) is 1. The van der Waals surface area contributed by atoms with E-state index < -0.39 is 23.8 Å². The molecule has 3 amide bonds. The summed E-state index contributed by atoms with van der Waals surface area (Å²) in [5.41, 5.74) is 4.63. The van der Waals surface area contributed by atoms with E-state index in [4.69, 9.17) is 4.74 Å². The van der Waals surface area contributed by atoms with Crippen LogP contribution in [0.25, 0.3) is 0 Å². The van der Waals surface area contributed by atoms with Crippen molar-refractivity contribution in [3.8, 4) is 0 Å². The van der Waals surface area contributed by atoms with Crippen LogP contribution in [-0.4, -0.2) is 40.5 Å². The first-order valence-electron chi connectivity index (χ1n) is 13.9. The van der Waals surface area contributed by atoms with Crippen LogP contribution in [0.15, 0.2) is 36.4 Å². The lowest BCUT2D eigenvalue weighted by Gasteiger charge is -2.37. The molecule has 0 aliphatic heterocycles. The molecule has 4 unspecified atom stereocenters. The molecule has 0 bridgehead atoms. The Balaban J connectivity index is 2.11.